The Bertz CT molecular complexity index is 393. The van der Waals surface area contributed by atoms with E-state index in [1.807, 2.05) is 27.7 Å². The fourth-order valence-electron chi connectivity index (χ4n) is 1.67. The van der Waals surface area contributed by atoms with Crippen LogP contribution in [0.1, 0.15) is 32.6 Å². The molecule has 0 aliphatic carbocycles. The molecule has 3 heteroatoms. The number of benzene rings is 1. The fourth-order valence-corrected chi connectivity index (χ4v) is 1.96. The predicted molar refractivity (Wildman–Crippen MR) is 61.7 cm³/mol. The predicted octanol–water partition coefficient (Wildman–Crippen LogP) is 3.36. The maximum atomic E-state index is 11.6. The molecule has 0 aliphatic heterocycles. The van der Waals surface area contributed by atoms with E-state index in [2.05, 4.69) is 0 Å². The molecule has 0 fully saturated rings. The first-order valence-corrected chi connectivity index (χ1v) is 5.13. The van der Waals surface area contributed by atoms with Crippen LogP contribution in [-0.2, 0) is 4.74 Å². The number of hydrogen-bond donors (Lipinski definition) is 0. The van der Waals surface area contributed by atoms with Crippen molar-refractivity contribution in [3.05, 3.63) is 32.8 Å². The number of esters is 1. The van der Waals surface area contributed by atoms with Crippen LogP contribution in [0.4, 0.5) is 0 Å². The summed E-state index contributed by atoms with van der Waals surface area (Å²) in [6.45, 7) is 7.60. The Kier molecular flexibility index (Phi) is 3.40. The molecule has 0 N–H and O–H groups in total. The smallest absolute Gasteiger partial charge is 0.338 e. The van der Waals surface area contributed by atoms with Gasteiger partial charge in [-0.2, -0.15) is 0 Å². The second kappa shape index (κ2) is 4.23. The standard InChI is InChI=1S/C12H15ClO2/c1-6-8(3)11(13)9(4)7(2)10(6)12(14)15-5/h1-5H3. The molecule has 1 aromatic carbocycles. The Morgan fingerprint density at radius 1 is 1.00 bits per heavy atom. The number of carbonyl (C=O) groups excluding carboxylic acids is 1. The molecule has 1 rings (SSSR count). The number of carbonyl (C=O) groups is 1. The van der Waals surface area contributed by atoms with Crippen molar-refractivity contribution >= 4 is 17.6 Å². The molecule has 0 amide bonds. The molecule has 0 heterocycles. The summed E-state index contributed by atoms with van der Waals surface area (Å²) in [5, 5.41) is 0.734. The van der Waals surface area contributed by atoms with E-state index in [4.69, 9.17) is 16.3 Å². The second-order valence-corrected chi connectivity index (χ2v) is 4.06. The summed E-state index contributed by atoms with van der Waals surface area (Å²) < 4.78 is 4.77. The van der Waals surface area contributed by atoms with Gasteiger partial charge in [-0.15, -0.1) is 0 Å². The number of rotatable bonds is 1. The van der Waals surface area contributed by atoms with Gasteiger partial charge in [0.1, 0.15) is 0 Å². The van der Waals surface area contributed by atoms with Crippen molar-refractivity contribution < 1.29 is 9.53 Å². The number of ether oxygens (including phenoxy) is 1. The first kappa shape index (κ1) is 12.1. The summed E-state index contributed by atoms with van der Waals surface area (Å²) in [4.78, 5) is 11.6. The van der Waals surface area contributed by atoms with Crippen molar-refractivity contribution in [2.45, 2.75) is 27.7 Å². The molecule has 0 unspecified atom stereocenters. The van der Waals surface area contributed by atoms with E-state index >= 15 is 0 Å². The van der Waals surface area contributed by atoms with Crippen LogP contribution in [0, 0.1) is 27.7 Å². The van der Waals surface area contributed by atoms with Crippen LogP contribution >= 0.6 is 11.6 Å². The summed E-state index contributed by atoms with van der Waals surface area (Å²) in [7, 11) is 1.39. The van der Waals surface area contributed by atoms with Gasteiger partial charge in [-0.05, 0) is 49.9 Å². The van der Waals surface area contributed by atoms with Gasteiger partial charge in [-0.25, -0.2) is 4.79 Å². The van der Waals surface area contributed by atoms with E-state index < -0.39 is 0 Å². The van der Waals surface area contributed by atoms with Crippen molar-refractivity contribution in [1.82, 2.24) is 0 Å². The largest absolute Gasteiger partial charge is 0.465 e. The van der Waals surface area contributed by atoms with Crippen molar-refractivity contribution in [1.29, 1.82) is 0 Å². The van der Waals surface area contributed by atoms with Gasteiger partial charge in [0.15, 0.2) is 0 Å². The molecular weight excluding hydrogens is 212 g/mol. The number of methoxy groups -OCH3 is 1. The van der Waals surface area contributed by atoms with Crippen molar-refractivity contribution in [2.24, 2.45) is 0 Å². The Morgan fingerprint density at radius 2 is 1.40 bits per heavy atom. The monoisotopic (exact) mass is 226 g/mol. The van der Waals surface area contributed by atoms with Crippen LogP contribution in [0.3, 0.4) is 0 Å². The first-order valence-electron chi connectivity index (χ1n) is 4.76. The highest BCUT2D eigenvalue weighted by Crippen LogP contribution is 2.30. The van der Waals surface area contributed by atoms with Crippen molar-refractivity contribution in [2.75, 3.05) is 7.11 Å². The molecule has 82 valence electrons. The van der Waals surface area contributed by atoms with E-state index in [9.17, 15) is 4.79 Å². The van der Waals surface area contributed by atoms with Crippen molar-refractivity contribution in [3.8, 4) is 0 Å². The van der Waals surface area contributed by atoms with Crippen LogP contribution in [0.2, 0.25) is 5.02 Å². The normalized spacial score (nSPS) is 10.3. The molecule has 1 aromatic rings. The third kappa shape index (κ3) is 1.86. The molecule has 0 saturated heterocycles. The Balaban J connectivity index is 3.60. The summed E-state index contributed by atoms with van der Waals surface area (Å²) in [5.41, 5.74) is 4.32. The average molecular weight is 227 g/mol. The summed E-state index contributed by atoms with van der Waals surface area (Å²) in [5.74, 6) is -0.298. The van der Waals surface area contributed by atoms with Gasteiger partial charge in [0.25, 0.3) is 0 Å². The Hall–Kier alpha value is -1.02. The highest BCUT2D eigenvalue weighted by atomic mass is 35.5. The molecule has 2 nitrogen and oxygen atoms in total. The zero-order chi connectivity index (χ0) is 11.7. The SMILES string of the molecule is COC(=O)c1c(C)c(C)c(Cl)c(C)c1C. The average Bonchev–Trinajstić information content (AvgIpc) is 2.23. The Morgan fingerprint density at radius 3 is 1.73 bits per heavy atom. The molecule has 15 heavy (non-hydrogen) atoms. The molecule has 0 bridgehead atoms. The first-order chi connectivity index (χ1) is 6.91. The van der Waals surface area contributed by atoms with Crippen LogP contribution in [0.25, 0.3) is 0 Å². The van der Waals surface area contributed by atoms with E-state index in [1.54, 1.807) is 0 Å². The van der Waals surface area contributed by atoms with Gasteiger partial charge in [0.2, 0.25) is 0 Å². The lowest BCUT2D eigenvalue weighted by molar-refractivity contribution is 0.0599. The van der Waals surface area contributed by atoms with Gasteiger partial charge in [-0.3, -0.25) is 0 Å². The van der Waals surface area contributed by atoms with Gasteiger partial charge in [0.05, 0.1) is 12.7 Å². The maximum Gasteiger partial charge on any atom is 0.338 e. The third-order valence-corrected chi connectivity index (χ3v) is 3.49. The summed E-state index contributed by atoms with van der Waals surface area (Å²) >= 11 is 6.16. The van der Waals surface area contributed by atoms with Gasteiger partial charge in [-0.1, -0.05) is 11.6 Å². The number of hydrogen-bond acceptors (Lipinski definition) is 2. The van der Waals surface area contributed by atoms with Gasteiger partial charge in [0, 0.05) is 5.02 Å². The van der Waals surface area contributed by atoms with E-state index in [-0.39, 0.29) is 5.97 Å². The lowest BCUT2D eigenvalue weighted by Gasteiger charge is -2.15. The van der Waals surface area contributed by atoms with Gasteiger partial charge >= 0.3 is 5.97 Å². The quantitative estimate of drug-likeness (QED) is 0.687. The maximum absolute atomic E-state index is 11.6. The molecular formula is C12H15ClO2. The molecule has 0 atom stereocenters. The minimum absolute atomic E-state index is 0.298. The van der Waals surface area contributed by atoms with E-state index in [1.165, 1.54) is 7.11 Å². The Labute approximate surface area is 95.2 Å². The zero-order valence-corrected chi connectivity index (χ0v) is 10.5. The molecule has 0 aliphatic rings. The number of halogens is 1. The molecule has 0 spiro atoms. The van der Waals surface area contributed by atoms with Crippen LogP contribution in [0.15, 0.2) is 0 Å². The van der Waals surface area contributed by atoms with E-state index in [0.717, 1.165) is 27.3 Å². The molecule has 0 radical (unpaired) electrons. The summed E-state index contributed by atoms with van der Waals surface area (Å²) in [6, 6.07) is 0. The third-order valence-electron chi connectivity index (χ3n) is 2.92. The second-order valence-electron chi connectivity index (χ2n) is 3.68. The van der Waals surface area contributed by atoms with Crippen LogP contribution in [-0.4, -0.2) is 13.1 Å². The minimum Gasteiger partial charge on any atom is -0.465 e. The van der Waals surface area contributed by atoms with E-state index in [0.29, 0.717) is 5.56 Å². The van der Waals surface area contributed by atoms with Crippen molar-refractivity contribution in [3.63, 3.8) is 0 Å². The summed E-state index contributed by atoms with van der Waals surface area (Å²) in [6.07, 6.45) is 0. The lowest BCUT2D eigenvalue weighted by Crippen LogP contribution is -2.09. The highest BCUT2D eigenvalue weighted by Gasteiger charge is 2.18. The molecule has 0 saturated carbocycles. The van der Waals surface area contributed by atoms with Crippen LogP contribution in [0.5, 0.6) is 0 Å². The zero-order valence-electron chi connectivity index (χ0n) is 9.69. The minimum atomic E-state index is -0.298. The highest BCUT2D eigenvalue weighted by molar-refractivity contribution is 6.32. The molecule has 0 aromatic heterocycles. The lowest BCUT2D eigenvalue weighted by atomic mass is 9.94. The van der Waals surface area contributed by atoms with Gasteiger partial charge < -0.3 is 4.74 Å². The topological polar surface area (TPSA) is 26.3 Å². The van der Waals surface area contributed by atoms with Crippen LogP contribution < -0.4 is 0 Å². The fraction of sp³-hybridized carbons (Fsp3) is 0.417.